The van der Waals surface area contributed by atoms with Gasteiger partial charge in [0, 0.05) is 7.05 Å². The second-order valence-corrected chi connectivity index (χ2v) is 4.75. The number of hydrogen-bond donors (Lipinski definition) is 2. The Bertz CT molecular complexity index is 527. The van der Waals surface area contributed by atoms with E-state index in [1.54, 1.807) is 26.1 Å². The normalized spacial score (nSPS) is 18.4. The zero-order valence-corrected chi connectivity index (χ0v) is 11.6. The molecular formula is C13H15N3O2S. The van der Waals surface area contributed by atoms with E-state index in [1.807, 2.05) is 12.1 Å². The molecule has 2 amide bonds. The van der Waals surface area contributed by atoms with E-state index in [0.717, 1.165) is 5.56 Å². The van der Waals surface area contributed by atoms with E-state index < -0.39 is 0 Å². The first-order valence-electron chi connectivity index (χ1n) is 5.97. The van der Waals surface area contributed by atoms with Crippen molar-refractivity contribution in [2.45, 2.75) is 19.4 Å². The van der Waals surface area contributed by atoms with Crippen molar-refractivity contribution in [1.82, 2.24) is 10.6 Å². The van der Waals surface area contributed by atoms with Gasteiger partial charge in [0.25, 0.3) is 5.91 Å². The lowest BCUT2D eigenvalue weighted by atomic mass is 10.1. The number of anilines is 1. The Morgan fingerprint density at radius 3 is 2.53 bits per heavy atom. The lowest BCUT2D eigenvalue weighted by Gasteiger charge is -2.15. The fourth-order valence-electron chi connectivity index (χ4n) is 1.89. The number of hydrogen-bond acceptors (Lipinski definition) is 3. The Morgan fingerprint density at radius 2 is 2.05 bits per heavy atom. The number of benzene rings is 1. The minimum Gasteiger partial charge on any atom is -0.359 e. The topological polar surface area (TPSA) is 61.4 Å². The SMILES string of the molecule is CNC(=O)Cc1ccc(N2C(=O)[C@H](C)NC2=S)cc1. The standard InChI is InChI=1S/C13H15N3O2S/c1-8-12(18)16(13(19)15-8)10-5-3-9(4-6-10)7-11(17)14-2/h3-6,8H,7H2,1-2H3,(H,14,17)(H,15,19)/t8-/m0/s1. The second-order valence-electron chi connectivity index (χ2n) is 4.36. The number of nitrogens with zero attached hydrogens (tertiary/aromatic N) is 1. The molecule has 1 atom stereocenters. The molecule has 1 saturated heterocycles. The maximum atomic E-state index is 11.9. The highest BCUT2D eigenvalue weighted by atomic mass is 32.1. The zero-order valence-electron chi connectivity index (χ0n) is 10.8. The predicted molar refractivity (Wildman–Crippen MR) is 76.9 cm³/mol. The number of carbonyl (C=O) groups is 2. The van der Waals surface area contributed by atoms with Crippen LogP contribution in [0.4, 0.5) is 5.69 Å². The fraction of sp³-hybridized carbons (Fsp3) is 0.308. The molecule has 1 aromatic carbocycles. The lowest BCUT2D eigenvalue weighted by molar-refractivity contribution is -0.120. The van der Waals surface area contributed by atoms with Gasteiger partial charge in [-0.25, -0.2) is 0 Å². The van der Waals surface area contributed by atoms with Crippen LogP contribution >= 0.6 is 12.2 Å². The first-order valence-corrected chi connectivity index (χ1v) is 6.37. The van der Waals surface area contributed by atoms with E-state index in [-0.39, 0.29) is 17.9 Å². The first kappa shape index (κ1) is 13.5. The Balaban J connectivity index is 2.17. The highest BCUT2D eigenvalue weighted by Gasteiger charge is 2.33. The summed E-state index contributed by atoms with van der Waals surface area (Å²) in [5.41, 5.74) is 1.61. The van der Waals surface area contributed by atoms with Crippen LogP contribution in [0.25, 0.3) is 0 Å². The molecule has 1 heterocycles. The summed E-state index contributed by atoms with van der Waals surface area (Å²) in [7, 11) is 1.60. The minimum atomic E-state index is -0.293. The Morgan fingerprint density at radius 1 is 1.42 bits per heavy atom. The molecule has 0 spiro atoms. The van der Waals surface area contributed by atoms with E-state index in [4.69, 9.17) is 12.2 Å². The molecule has 0 bridgehead atoms. The van der Waals surface area contributed by atoms with E-state index in [1.165, 1.54) is 4.90 Å². The van der Waals surface area contributed by atoms with Gasteiger partial charge in [-0.3, -0.25) is 14.5 Å². The van der Waals surface area contributed by atoms with Crippen molar-refractivity contribution in [3.05, 3.63) is 29.8 Å². The van der Waals surface area contributed by atoms with Gasteiger partial charge in [0.15, 0.2) is 5.11 Å². The van der Waals surface area contributed by atoms with Crippen molar-refractivity contribution in [3.8, 4) is 0 Å². The molecule has 0 saturated carbocycles. The van der Waals surface area contributed by atoms with Crippen molar-refractivity contribution in [1.29, 1.82) is 0 Å². The van der Waals surface area contributed by atoms with Crippen LogP contribution in [0.2, 0.25) is 0 Å². The molecule has 1 aliphatic rings. The van der Waals surface area contributed by atoms with Crippen LogP contribution in [0, 0.1) is 0 Å². The summed E-state index contributed by atoms with van der Waals surface area (Å²) >= 11 is 5.13. The van der Waals surface area contributed by atoms with E-state index in [2.05, 4.69) is 10.6 Å². The average Bonchev–Trinajstić information content (AvgIpc) is 2.64. The summed E-state index contributed by atoms with van der Waals surface area (Å²) in [5.74, 6) is -0.111. The van der Waals surface area contributed by atoms with Crippen LogP contribution in [-0.4, -0.2) is 30.0 Å². The minimum absolute atomic E-state index is 0.0455. The third-order valence-electron chi connectivity index (χ3n) is 2.97. The van der Waals surface area contributed by atoms with E-state index in [9.17, 15) is 9.59 Å². The molecule has 0 aliphatic carbocycles. The molecule has 19 heavy (non-hydrogen) atoms. The summed E-state index contributed by atoms with van der Waals surface area (Å²) in [4.78, 5) is 24.7. The molecule has 1 aliphatic heterocycles. The highest BCUT2D eigenvalue weighted by molar-refractivity contribution is 7.80. The smallest absolute Gasteiger partial charge is 0.255 e. The molecule has 1 aromatic rings. The molecule has 0 radical (unpaired) electrons. The summed E-state index contributed by atoms with van der Waals surface area (Å²) in [6.07, 6.45) is 0.323. The average molecular weight is 277 g/mol. The van der Waals surface area contributed by atoms with Crippen LogP contribution in [0.15, 0.2) is 24.3 Å². The van der Waals surface area contributed by atoms with Crippen LogP contribution in [-0.2, 0) is 16.0 Å². The number of likely N-dealkylation sites (N-methyl/N-ethyl adjacent to an activating group) is 1. The number of thiocarbonyl (C=S) groups is 1. The van der Waals surface area contributed by atoms with Gasteiger partial charge in [-0.05, 0) is 36.8 Å². The molecule has 1 fully saturated rings. The molecule has 5 nitrogen and oxygen atoms in total. The maximum absolute atomic E-state index is 11.9. The monoisotopic (exact) mass is 277 g/mol. The third-order valence-corrected chi connectivity index (χ3v) is 3.27. The van der Waals surface area contributed by atoms with Gasteiger partial charge in [0.1, 0.15) is 6.04 Å². The third kappa shape index (κ3) is 2.73. The molecule has 0 unspecified atom stereocenters. The number of amides is 2. The van der Waals surface area contributed by atoms with Gasteiger partial charge in [-0.15, -0.1) is 0 Å². The molecule has 100 valence electrons. The summed E-state index contributed by atoms with van der Waals surface area (Å²) in [6.45, 7) is 1.77. The van der Waals surface area contributed by atoms with Crippen molar-refractivity contribution in [3.63, 3.8) is 0 Å². The van der Waals surface area contributed by atoms with Gasteiger partial charge in [0.2, 0.25) is 5.91 Å². The predicted octanol–water partition coefficient (Wildman–Crippen LogP) is 0.585. The number of nitrogens with one attached hydrogen (secondary N) is 2. The van der Waals surface area contributed by atoms with E-state index in [0.29, 0.717) is 17.2 Å². The van der Waals surface area contributed by atoms with E-state index >= 15 is 0 Å². The van der Waals surface area contributed by atoms with Gasteiger partial charge in [-0.1, -0.05) is 12.1 Å². The van der Waals surface area contributed by atoms with Crippen LogP contribution < -0.4 is 15.5 Å². The number of rotatable bonds is 3. The van der Waals surface area contributed by atoms with Crippen LogP contribution in [0.3, 0.4) is 0 Å². The lowest BCUT2D eigenvalue weighted by Crippen LogP contribution is -2.30. The Hall–Kier alpha value is -1.95. The molecule has 0 aromatic heterocycles. The van der Waals surface area contributed by atoms with Gasteiger partial charge >= 0.3 is 0 Å². The maximum Gasteiger partial charge on any atom is 0.255 e. The van der Waals surface area contributed by atoms with Crippen molar-refractivity contribution in [2.75, 3.05) is 11.9 Å². The molecule has 2 N–H and O–H groups in total. The molecule has 6 heteroatoms. The number of carbonyl (C=O) groups excluding carboxylic acids is 2. The van der Waals surface area contributed by atoms with Crippen LogP contribution in [0.1, 0.15) is 12.5 Å². The molecule has 2 rings (SSSR count). The highest BCUT2D eigenvalue weighted by Crippen LogP contribution is 2.20. The largest absolute Gasteiger partial charge is 0.359 e. The van der Waals surface area contributed by atoms with Gasteiger partial charge < -0.3 is 10.6 Å². The van der Waals surface area contributed by atoms with Crippen molar-refractivity contribution in [2.24, 2.45) is 0 Å². The fourth-order valence-corrected chi connectivity index (χ4v) is 2.26. The first-order chi connectivity index (χ1) is 9.02. The Labute approximate surface area is 117 Å². The van der Waals surface area contributed by atoms with Crippen molar-refractivity contribution >= 4 is 34.8 Å². The second kappa shape index (κ2) is 5.36. The summed E-state index contributed by atoms with van der Waals surface area (Å²) in [6, 6.07) is 6.94. The zero-order chi connectivity index (χ0) is 14.0. The van der Waals surface area contributed by atoms with Crippen LogP contribution in [0.5, 0.6) is 0 Å². The van der Waals surface area contributed by atoms with Gasteiger partial charge in [-0.2, -0.15) is 0 Å². The summed E-state index contributed by atoms with van der Waals surface area (Å²) < 4.78 is 0. The summed E-state index contributed by atoms with van der Waals surface area (Å²) in [5, 5.41) is 5.90. The van der Waals surface area contributed by atoms with Gasteiger partial charge in [0.05, 0.1) is 12.1 Å². The molecular weight excluding hydrogens is 262 g/mol. The quantitative estimate of drug-likeness (QED) is 0.794. The Kier molecular flexibility index (Phi) is 3.80. The van der Waals surface area contributed by atoms with Crippen molar-refractivity contribution < 1.29 is 9.59 Å².